The van der Waals surface area contributed by atoms with E-state index >= 15 is 0 Å². The molecule has 0 aromatic heterocycles. The van der Waals surface area contributed by atoms with Crippen molar-refractivity contribution in [1.29, 1.82) is 0 Å². The number of carbonyl (C=O) groups is 4. The number of nitrogens with one attached hydrogen (secondary N) is 1. The van der Waals surface area contributed by atoms with Gasteiger partial charge in [0.1, 0.15) is 6.04 Å². The number of amides is 4. The van der Waals surface area contributed by atoms with Gasteiger partial charge in [-0.05, 0) is 31.9 Å². The molecular weight excluding hydrogens is 322 g/mol. The van der Waals surface area contributed by atoms with Crippen LogP contribution in [0.4, 0.5) is 0 Å². The Morgan fingerprint density at radius 2 is 1.64 bits per heavy atom. The van der Waals surface area contributed by atoms with Crippen molar-refractivity contribution in [1.82, 2.24) is 15.1 Å². The van der Waals surface area contributed by atoms with Gasteiger partial charge in [-0.1, -0.05) is 12.1 Å². The molecule has 2 aliphatic rings. The first-order chi connectivity index (χ1) is 12.0. The summed E-state index contributed by atoms with van der Waals surface area (Å²) < 4.78 is 0. The lowest BCUT2D eigenvalue weighted by molar-refractivity contribution is -0.135. The van der Waals surface area contributed by atoms with Crippen LogP contribution < -0.4 is 5.32 Å². The zero-order chi connectivity index (χ0) is 18.0. The molecule has 1 atom stereocenters. The maximum atomic E-state index is 12.2. The molecule has 7 nitrogen and oxygen atoms in total. The zero-order valence-electron chi connectivity index (χ0n) is 14.2. The van der Waals surface area contributed by atoms with Gasteiger partial charge in [0.2, 0.25) is 11.8 Å². The second-order valence-corrected chi connectivity index (χ2v) is 6.38. The average Bonchev–Trinajstić information content (AvgIpc) is 3.22. The molecule has 1 fully saturated rings. The van der Waals surface area contributed by atoms with Crippen molar-refractivity contribution in [2.24, 2.45) is 0 Å². The van der Waals surface area contributed by atoms with Crippen LogP contribution in [0.2, 0.25) is 0 Å². The summed E-state index contributed by atoms with van der Waals surface area (Å²) in [6.07, 6.45) is 1.96. The van der Waals surface area contributed by atoms with Crippen molar-refractivity contribution in [2.45, 2.75) is 32.2 Å². The summed E-state index contributed by atoms with van der Waals surface area (Å²) in [4.78, 5) is 51.6. The minimum Gasteiger partial charge on any atom is -0.345 e. The maximum Gasteiger partial charge on any atom is 0.261 e. The summed E-state index contributed by atoms with van der Waals surface area (Å²) in [5.41, 5.74) is 0.732. The van der Waals surface area contributed by atoms with Gasteiger partial charge in [-0.15, -0.1) is 0 Å². The average molecular weight is 343 g/mol. The van der Waals surface area contributed by atoms with Gasteiger partial charge in [0.25, 0.3) is 11.8 Å². The Balaban J connectivity index is 1.52. The molecule has 1 saturated heterocycles. The van der Waals surface area contributed by atoms with Crippen LogP contribution in [-0.2, 0) is 9.59 Å². The van der Waals surface area contributed by atoms with Crippen molar-refractivity contribution in [2.75, 3.05) is 19.6 Å². The fraction of sp³-hybridized carbons (Fsp3) is 0.444. The summed E-state index contributed by atoms with van der Waals surface area (Å²) in [6.45, 7) is 3.12. The van der Waals surface area contributed by atoms with Gasteiger partial charge in [0.05, 0.1) is 11.1 Å². The first kappa shape index (κ1) is 17.1. The third-order valence-corrected chi connectivity index (χ3v) is 4.61. The molecule has 25 heavy (non-hydrogen) atoms. The normalized spacial score (nSPS) is 17.6. The lowest BCUT2D eigenvalue weighted by Crippen LogP contribution is -2.46. The molecule has 4 amide bonds. The molecule has 3 rings (SSSR count). The molecule has 0 unspecified atom stereocenters. The Bertz CT molecular complexity index is 690. The van der Waals surface area contributed by atoms with Crippen LogP contribution in [0.1, 0.15) is 46.9 Å². The predicted molar refractivity (Wildman–Crippen MR) is 89.8 cm³/mol. The minimum atomic E-state index is -0.604. The van der Waals surface area contributed by atoms with E-state index in [1.54, 1.807) is 36.1 Å². The number of benzene rings is 1. The summed E-state index contributed by atoms with van der Waals surface area (Å²) in [7, 11) is 0. The quantitative estimate of drug-likeness (QED) is 0.801. The number of imide groups is 1. The highest BCUT2D eigenvalue weighted by molar-refractivity contribution is 6.21. The molecular formula is C18H21N3O4. The van der Waals surface area contributed by atoms with E-state index < -0.39 is 6.04 Å². The number of nitrogens with zero attached hydrogens (tertiary/aromatic N) is 2. The molecule has 2 aliphatic heterocycles. The third-order valence-electron chi connectivity index (χ3n) is 4.61. The first-order valence-electron chi connectivity index (χ1n) is 8.52. The van der Waals surface area contributed by atoms with Gasteiger partial charge < -0.3 is 10.2 Å². The molecule has 0 aliphatic carbocycles. The number of rotatable bonds is 5. The van der Waals surface area contributed by atoms with Crippen LogP contribution in [0.5, 0.6) is 0 Å². The molecule has 1 aromatic rings. The van der Waals surface area contributed by atoms with Crippen molar-refractivity contribution in [3.8, 4) is 0 Å². The van der Waals surface area contributed by atoms with Crippen LogP contribution in [0.3, 0.4) is 0 Å². The van der Waals surface area contributed by atoms with Crippen LogP contribution in [-0.4, -0.2) is 59.1 Å². The van der Waals surface area contributed by atoms with Gasteiger partial charge in [-0.25, -0.2) is 0 Å². The Morgan fingerprint density at radius 1 is 1.08 bits per heavy atom. The molecule has 0 radical (unpaired) electrons. The van der Waals surface area contributed by atoms with Gasteiger partial charge in [0.15, 0.2) is 0 Å². The molecule has 1 aromatic carbocycles. The Hall–Kier alpha value is -2.70. The fourth-order valence-corrected chi connectivity index (χ4v) is 3.24. The van der Waals surface area contributed by atoms with Crippen LogP contribution in [0.25, 0.3) is 0 Å². The second kappa shape index (κ2) is 7.04. The van der Waals surface area contributed by atoms with Crippen LogP contribution in [0.15, 0.2) is 24.3 Å². The van der Waals surface area contributed by atoms with E-state index in [0.717, 1.165) is 30.8 Å². The highest BCUT2D eigenvalue weighted by Crippen LogP contribution is 2.22. The van der Waals surface area contributed by atoms with Crippen LogP contribution >= 0.6 is 0 Å². The lowest BCUT2D eigenvalue weighted by Gasteiger charge is -2.21. The molecule has 0 saturated carbocycles. The van der Waals surface area contributed by atoms with Crippen LogP contribution in [0, 0.1) is 0 Å². The largest absolute Gasteiger partial charge is 0.345 e. The van der Waals surface area contributed by atoms with Crippen molar-refractivity contribution in [3.05, 3.63) is 35.4 Å². The highest BCUT2D eigenvalue weighted by Gasteiger charge is 2.35. The van der Waals surface area contributed by atoms with Gasteiger partial charge >= 0.3 is 0 Å². The minimum absolute atomic E-state index is 0.00278. The molecule has 132 valence electrons. The number of likely N-dealkylation sites (tertiary alicyclic amines) is 1. The summed E-state index contributed by atoms with van der Waals surface area (Å²) in [5.74, 6) is -1.20. The van der Waals surface area contributed by atoms with Gasteiger partial charge in [0, 0.05) is 26.1 Å². The zero-order valence-corrected chi connectivity index (χ0v) is 14.2. The van der Waals surface area contributed by atoms with E-state index in [1.807, 2.05) is 0 Å². The SMILES string of the molecule is C[C@@H](NC(=O)CCN1C(=O)c2ccccc2C1=O)C(=O)N1CCCC1. The number of hydrogen-bond acceptors (Lipinski definition) is 4. The van der Waals surface area contributed by atoms with E-state index in [1.165, 1.54) is 0 Å². The van der Waals surface area contributed by atoms with Gasteiger partial charge in [-0.3, -0.25) is 24.1 Å². The standard InChI is InChI=1S/C18H21N3O4/c1-12(16(23)20-9-4-5-10-20)19-15(22)8-11-21-17(24)13-6-2-3-7-14(13)18(21)25/h2-3,6-7,12H,4-5,8-11H2,1H3,(H,19,22)/t12-/m1/s1. The fourth-order valence-electron chi connectivity index (χ4n) is 3.24. The Labute approximate surface area is 146 Å². The topological polar surface area (TPSA) is 86.8 Å². The van der Waals surface area contributed by atoms with Crippen molar-refractivity contribution < 1.29 is 19.2 Å². The molecule has 2 heterocycles. The lowest BCUT2D eigenvalue weighted by atomic mass is 10.1. The summed E-state index contributed by atoms with van der Waals surface area (Å²) in [5, 5.41) is 2.65. The van der Waals surface area contributed by atoms with Gasteiger partial charge in [-0.2, -0.15) is 0 Å². The number of hydrogen-bond donors (Lipinski definition) is 1. The number of carbonyl (C=O) groups excluding carboxylic acids is 4. The van der Waals surface area contributed by atoms with E-state index in [9.17, 15) is 19.2 Å². The Kier molecular flexibility index (Phi) is 4.83. The van der Waals surface area contributed by atoms with Crippen molar-refractivity contribution >= 4 is 23.6 Å². The Morgan fingerprint density at radius 3 is 2.20 bits per heavy atom. The van der Waals surface area contributed by atoms with E-state index in [4.69, 9.17) is 0 Å². The maximum absolute atomic E-state index is 12.2. The van der Waals surface area contributed by atoms with E-state index in [2.05, 4.69) is 5.32 Å². The molecule has 7 heteroatoms. The second-order valence-electron chi connectivity index (χ2n) is 6.38. The predicted octanol–water partition coefficient (Wildman–Crippen LogP) is 0.800. The summed E-state index contributed by atoms with van der Waals surface area (Å²) >= 11 is 0. The molecule has 0 bridgehead atoms. The highest BCUT2D eigenvalue weighted by atomic mass is 16.2. The first-order valence-corrected chi connectivity index (χ1v) is 8.52. The number of fused-ring (bicyclic) bond motifs is 1. The monoisotopic (exact) mass is 343 g/mol. The smallest absolute Gasteiger partial charge is 0.261 e. The van der Waals surface area contributed by atoms with E-state index in [0.29, 0.717) is 11.1 Å². The molecule has 0 spiro atoms. The van der Waals surface area contributed by atoms with Crippen molar-refractivity contribution in [3.63, 3.8) is 0 Å². The summed E-state index contributed by atoms with van der Waals surface area (Å²) in [6, 6.07) is 6.00. The molecule has 1 N–H and O–H groups in total. The third kappa shape index (κ3) is 3.40. The van der Waals surface area contributed by atoms with E-state index in [-0.39, 0.29) is 36.6 Å².